The van der Waals surface area contributed by atoms with Crippen LogP contribution in [0.3, 0.4) is 0 Å². The Bertz CT molecular complexity index is 468. The molecule has 0 fully saturated rings. The maximum atomic E-state index is 11.8. The molecular formula is C11H15N3O4. The molecule has 0 aliphatic heterocycles. The van der Waals surface area contributed by atoms with E-state index < -0.39 is 16.6 Å². The van der Waals surface area contributed by atoms with Gasteiger partial charge >= 0.3 is 11.9 Å². The van der Waals surface area contributed by atoms with Crippen LogP contribution in [-0.2, 0) is 4.74 Å². The Labute approximate surface area is 105 Å². The Morgan fingerprint density at radius 2 is 2.11 bits per heavy atom. The molecule has 0 saturated heterocycles. The lowest BCUT2D eigenvalue weighted by molar-refractivity contribution is -0.388. The number of anilines is 1. The molecule has 0 spiro atoms. The zero-order chi connectivity index (χ0) is 13.9. The summed E-state index contributed by atoms with van der Waals surface area (Å²) in [6.45, 7) is 5.16. The third-order valence-corrected chi connectivity index (χ3v) is 1.97. The van der Waals surface area contributed by atoms with E-state index in [0.717, 1.165) is 4.90 Å². The molecule has 0 N–H and O–H groups in total. The van der Waals surface area contributed by atoms with E-state index in [1.165, 1.54) is 25.4 Å². The Morgan fingerprint density at radius 3 is 2.61 bits per heavy atom. The lowest BCUT2D eigenvalue weighted by atomic mass is 10.2. The lowest BCUT2D eigenvalue weighted by Gasteiger charge is -2.24. The molecule has 1 amide bonds. The number of rotatable bonds is 2. The molecule has 0 atom stereocenters. The first kappa shape index (κ1) is 13.9. The van der Waals surface area contributed by atoms with Crippen LogP contribution in [0, 0.1) is 10.1 Å². The monoisotopic (exact) mass is 253 g/mol. The van der Waals surface area contributed by atoms with Gasteiger partial charge in [-0.1, -0.05) is 0 Å². The average Bonchev–Trinajstić information content (AvgIpc) is 2.25. The van der Waals surface area contributed by atoms with Crippen LogP contribution in [0.15, 0.2) is 18.3 Å². The summed E-state index contributed by atoms with van der Waals surface area (Å²) < 4.78 is 5.13. The van der Waals surface area contributed by atoms with Crippen molar-refractivity contribution in [2.24, 2.45) is 0 Å². The fourth-order valence-electron chi connectivity index (χ4n) is 1.22. The van der Waals surface area contributed by atoms with E-state index in [1.807, 2.05) is 0 Å². The Hall–Kier alpha value is -2.18. The number of nitro groups is 1. The first-order chi connectivity index (χ1) is 8.22. The summed E-state index contributed by atoms with van der Waals surface area (Å²) in [6.07, 6.45) is 0.628. The van der Waals surface area contributed by atoms with Crippen LogP contribution < -0.4 is 4.90 Å². The average molecular weight is 253 g/mol. The second-order valence-electron chi connectivity index (χ2n) is 4.64. The minimum Gasteiger partial charge on any atom is -0.443 e. The zero-order valence-corrected chi connectivity index (χ0v) is 10.7. The first-order valence-corrected chi connectivity index (χ1v) is 5.28. The van der Waals surface area contributed by atoms with Gasteiger partial charge in [-0.05, 0) is 42.8 Å². The zero-order valence-electron chi connectivity index (χ0n) is 10.7. The van der Waals surface area contributed by atoms with E-state index in [9.17, 15) is 14.9 Å². The number of nitrogens with zero attached hydrogens (tertiary/aromatic N) is 3. The van der Waals surface area contributed by atoms with Crippen molar-refractivity contribution in [3.63, 3.8) is 0 Å². The van der Waals surface area contributed by atoms with E-state index in [2.05, 4.69) is 4.98 Å². The molecule has 1 heterocycles. The van der Waals surface area contributed by atoms with E-state index in [4.69, 9.17) is 4.74 Å². The number of hydrogen-bond donors (Lipinski definition) is 0. The van der Waals surface area contributed by atoms with Crippen molar-refractivity contribution in [3.05, 3.63) is 28.4 Å². The van der Waals surface area contributed by atoms with Crippen LogP contribution in [0.4, 0.5) is 16.3 Å². The van der Waals surface area contributed by atoms with Crippen LogP contribution in [0.25, 0.3) is 0 Å². The van der Waals surface area contributed by atoms with Gasteiger partial charge in [-0.3, -0.25) is 4.90 Å². The molecule has 7 heteroatoms. The van der Waals surface area contributed by atoms with Gasteiger partial charge in [0.25, 0.3) is 0 Å². The van der Waals surface area contributed by atoms with Crippen molar-refractivity contribution < 1.29 is 14.5 Å². The number of ether oxygens (including phenoxy) is 1. The van der Waals surface area contributed by atoms with E-state index in [1.54, 1.807) is 20.8 Å². The number of hydrogen-bond acceptors (Lipinski definition) is 5. The van der Waals surface area contributed by atoms with Crippen LogP contribution >= 0.6 is 0 Å². The SMILES string of the molecule is CN(C(=O)OC(C)(C)C)c1cccnc1[N+](=O)[O-]. The largest absolute Gasteiger partial charge is 0.443 e. The molecule has 1 aromatic heterocycles. The van der Waals surface area contributed by atoms with Gasteiger partial charge in [-0.15, -0.1) is 0 Å². The topological polar surface area (TPSA) is 85.6 Å². The highest BCUT2D eigenvalue weighted by atomic mass is 16.6. The summed E-state index contributed by atoms with van der Waals surface area (Å²) in [4.78, 5) is 26.6. The van der Waals surface area contributed by atoms with Gasteiger partial charge in [0, 0.05) is 7.05 Å². The molecule has 0 aliphatic rings. The maximum Gasteiger partial charge on any atom is 0.414 e. The van der Waals surface area contributed by atoms with Gasteiger partial charge < -0.3 is 14.9 Å². The molecule has 18 heavy (non-hydrogen) atoms. The summed E-state index contributed by atoms with van der Waals surface area (Å²) in [7, 11) is 1.40. The summed E-state index contributed by atoms with van der Waals surface area (Å²) in [5, 5.41) is 10.8. The number of pyridine rings is 1. The molecule has 1 aromatic rings. The van der Waals surface area contributed by atoms with Gasteiger partial charge in [0.15, 0.2) is 0 Å². The molecule has 0 unspecified atom stereocenters. The molecule has 7 nitrogen and oxygen atoms in total. The lowest BCUT2D eigenvalue weighted by Crippen LogP contribution is -2.34. The van der Waals surface area contributed by atoms with Gasteiger partial charge in [-0.25, -0.2) is 4.79 Å². The molecule has 1 rings (SSSR count). The van der Waals surface area contributed by atoms with Crippen molar-refractivity contribution in [3.8, 4) is 0 Å². The van der Waals surface area contributed by atoms with Crippen molar-refractivity contribution in [2.45, 2.75) is 26.4 Å². The molecule has 0 saturated carbocycles. The Kier molecular flexibility index (Phi) is 3.85. The fraction of sp³-hybridized carbons (Fsp3) is 0.455. The molecule has 0 bridgehead atoms. The van der Waals surface area contributed by atoms with Crippen molar-refractivity contribution >= 4 is 17.6 Å². The summed E-state index contributed by atoms with van der Waals surface area (Å²) >= 11 is 0. The number of amides is 1. The standard InChI is InChI=1S/C11H15N3O4/c1-11(2,3)18-10(15)13(4)8-6-5-7-12-9(8)14(16)17/h5-7H,1-4H3. The molecule has 98 valence electrons. The van der Waals surface area contributed by atoms with Crippen molar-refractivity contribution in [1.82, 2.24) is 4.98 Å². The molecule has 0 aromatic carbocycles. The van der Waals surface area contributed by atoms with Crippen LogP contribution in [0.2, 0.25) is 0 Å². The highest BCUT2D eigenvalue weighted by molar-refractivity contribution is 5.89. The van der Waals surface area contributed by atoms with E-state index in [0.29, 0.717) is 0 Å². The van der Waals surface area contributed by atoms with Crippen LogP contribution in [0.5, 0.6) is 0 Å². The predicted molar refractivity (Wildman–Crippen MR) is 65.5 cm³/mol. The smallest absolute Gasteiger partial charge is 0.414 e. The fourth-order valence-corrected chi connectivity index (χ4v) is 1.22. The van der Waals surface area contributed by atoms with E-state index >= 15 is 0 Å². The maximum absolute atomic E-state index is 11.8. The van der Waals surface area contributed by atoms with Crippen LogP contribution in [0.1, 0.15) is 20.8 Å². The highest BCUT2D eigenvalue weighted by Crippen LogP contribution is 2.25. The van der Waals surface area contributed by atoms with Gasteiger partial charge in [0.05, 0.1) is 0 Å². The minimum absolute atomic E-state index is 0.0942. The van der Waals surface area contributed by atoms with Gasteiger partial charge in [0.2, 0.25) is 0 Å². The predicted octanol–water partition coefficient (Wildman–Crippen LogP) is 2.36. The van der Waals surface area contributed by atoms with Crippen molar-refractivity contribution in [2.75, 3.05) is 11.9 Å². The quantitative estimate of drug-likeness (QED) is 0.596. The van der Waals surface area contributed by atoms with Gasteiger partial charge in [-0.2, -0.15) is 0 Å². The number of carbonyl (C=O) groups is 1. The first-order valence-electron chi connectivity index (χ1n) is 5.28. The second kappa shape index (κ2) is 4.99. The molecule has 0 aliphatic carbocycles. The number of carbonyl (C=O) groups excluding carboxylic acids is 1. The number of aromatic nitrogens is 1. The van der Waals surface area contributed by atoms with Crippen molar-refractivity contribution in [1.29, 1.82) is 0 Å². The normalized spacial score (nSPS) is 10.9. The summed E-state index contributed by atoms with van der Waals surface area (Å²) in [5.74, 6) is -0.383. The third-order valence-electron chi connectivity index (χ3n) is 1.97. The molecule has 0 radical (unpaired) electrons. The Morgan fingerprint density at radius 1 is 1.50 bits per heavy atom. The Balaban J connectivity index is 3.00. The van der Waals surface area contributed by atoms with Gasteiger partial charge in [0.1, 0.15) is 17.5 Å². The summed E-state index contributed by atoms with van der Waals surface area (Å²) in [5.41, 5.74) is -0.570. The third kappa shape index (κ3) is 3.41. The molecular weight excluding hydrogens is 238 g/mol. The second-order valence-corrected chi connectivity index (χ2v) is 4.64. The minimum atomic E-state index is -0.668. The summed E-state index contributed by atoms with van der Waals surface area (Å²) in [6, 6.07) is 2.96. The van der Waals surface area contributed by atoms with E-state index in [-0.39, 0.29) is 11.5 Å². The highest BCUT2D eigenvalue weighted by Gasteiger charge is 2.26. The van der Waals surface area contributed by atoms with Crippen LogP contribution in [-0.4, -0.2) is 28.6 Å².